The van der Waals surface area contributed by atoms with Gasteiger partial charge in [-0.05, 0) is 44.8 Å². The van der Waals surface area contributed by atoms with Crippen molar-refractivity contribution >= 4 is 15.0 Å². The summed E-state index contributed by atoms with van der Waals surface area (Å²) >= 11 is 0. The van der Waals surface area contributed by atoms with Crippen molar-refractivity contribution < 1.29 is 23.4 Å². The largest absolute Gasteiger partial charge is 0.410 e. The zero-order valence-corrected chi connectivity index (χ0v) is 24.4. The van der Waals surface area contributed by atoms with Crippen molar-refractivity contribution in [3.05, 3.63) is 36.4 Å². The molecule has 192 valence electrons. The highest BCUT2D eigenvalue weighted by Gasteiger charge is 2.39. The fourth-order valence-corrected chi connectivity index (χ4v) is 4.78. The average molecular weight is 483 g/mol. The molecule has 33 heavy (non-hydrogen) atoms. The van der Waals surface area contributed by atoms with Gasteiger partial charge in [-0.2, -0.15) is 0 Å². The third-order valence-corrected chi connectivity index (χ3v) is 11.3. The van der Waals surface area contributed by atoms with Crippen LogP contribution in [0.4, 0.5) is 0 Å². The third kappa shape index (κ3) is 11.1. The van der Waals surface area contributed by atoms with Crippen LogP contribution in [-0.4, -0.2) is 73.8 Å². The van der Waals surface area contributed by atoms with Crippen molar-refractivity contribution in [3.63, 3.8) is 0 Å². The topological polar surface area (TPSA) is 46.2 Å². The summed E-state index contributed by atoms with van der Waals surface area (Å²) in [5.41, 5.74) is 0. The second-order valence-electron chi connectivity index (χ2n) is 10.2. The number of hydrogen-bond acceptors (Lipinski definition) is 5. The van der Waals surface area contributed by atoms with E-state index < -0.39 is 8.32 Å². The summed E-state index contributed by atoms with van der Waals surface area (Å²) in [5.74, 6) is 2.13. The van der Waals surface area contributed by atoms with E-state index in [9.17, 15) is 0 Å². The molecule has 0 aromatic heterocycles. The van der Waals surface area contributed by atoms with Gasteiger partial charge in [0.15, 0.2) is 8.32 Å². The number of methoxy groups -OCH3 is 4. The standard InChI is InChI=1S/C26H51BO5Si/c1-13-14-15-18-23(32-33(11,12)26(4,5)6)19-16-17-20-27(24(30-9)21(2)28-7)25(31-10)22(3)29-8/h14-17,19-25H,13,18H2,1-12H3/b15-14-,19-16-,20-17+/t21?,22?,23-,24?,25?/m0/s1. The summed E-state index contributed by atoms with van der Waals surface area (Å²) in [6.07, 6.45) is 12.5. The van der Waals surface area contributed by atoms with Crippen molar-refractivity contribution in [2.45, 2.75) is 103 Å². The highest BCUT2D eigenvalue weighted by Crippen LogP contribution is 2.37. The van der Waals surface area contributed by atoms with Crippen LogP contribution in [0.2, 0.25) is 18.1 Å². The molecule has 5 nitrogen and oxygen atoms in total. The number of ether oxygens (including phenoxy) is 4. The molecular weight excluding hydrogens is 431 g/mol. The van der Waals surface area contributed by atoms with Crippen molar-refractivity contribution in [1.82, 2.24) is 0 Å². The zero-order valence-electron chi connectivity index (χ0n) is 23.4. The van der Waals surface area contributed by atoms with Crippen LogP contribution < -0.4 is 0 Å². The molecule has 0 aliphatic carbocycles. The molecule has 7 heteroatoms. The molecule has 0 N–H and O–H groups in total. The van der Waals surface area contributed by atoms with Gasteiger partial charge in [-0.15, -0.1) is 5.98 Å². The minimum atomic E-state index is -1.88. The first kappa shape index (κ1) is 32.3. The molecule has 0 spiro atoms. The van der Waals surface area contributed by atoms with Crippen LogP contribution >= 0.6 is 0 Å². The third-order valence-electron chi connectivity index (χ3n) is 6.77. The van der Waals surface area contributed by atoms with E-state index in [-0.39, 0.29) is 42.1 Å². The van der Waals surface area contributed by atoms with E-state index in [2.05, 4.69) is 77.1 Å². The Balaban J connectivity index is 5.80. The fourth-order valence-electron chi connectivity index (χ4n) is 3.50. The maximum Gasteiger partial charge on any atom is 0.241 e. The quantitative estimate of drug-likeness (QED) is 0.152. The van der Waals surface area contributed by atoms with Gasteiger partial charge in [0.1, 0.15) is 0 Å². The Labute approximate surface area is 206 Å². The predicted molar refractivity (Wildman–Crippen MR) is 145 cm³/mol. The highest BCUT2D eigenvalue weighted by atomic mass is 28.4. The van der Waals surface area contributed by atoms with Crippen LogP contribution in [0, 0.1) is 0 Å². The van der Waals surface area contributed by atoms with Crippen LogP contribution in [0.1, 0.15) is 54.4 Å². The monoisotopic (exact) mass is 482 g/mol. The number of allylic oxidation sites excluding steroid dienone is 3. The van der Waals surface area contributed by atoms with E-state index in [4.69, 9.17) is 23.4 Å². The molecule has 0 aliphatic heterocycles. The maximum absolute atomic E-state index is 6.68. The van der Waals surface area contributed by atoms with E-state index in [1.54, 1.807) is 28.4 Å². The lowest BCUT2D eigenvalue weighted by Gasteiger charge is -2.38. The summed E-state index contributed by atoms with van der Waals surface area (Å²) in [6, 6.07) is -0.345. The van der Waals surface area contributed by atoms with Crippen LogP contribution in [-0.2, 0) is 23.4 Å². The first-order chi connectivity index (χ1) is 15.4. The average Bonchev–Trinajstić information content (AvgIpc) is 2.75. The van der Waals surface area contributed by atoms with Crippen LogP contribution in [0.15, 0.2) is 36.4 Å². The molecule has 0 radical (unpaired) electrons. The first-order valence-electron chi connectivity index (χ1n) is 12.2. The lowest BCUT2D eigenvalue weighted by Crippen LogP contribution is -2.53. The van der Waals surface area contributed by atoms with E-state index in [0.717, 1.165) is 12.8 Å². The minimum Gasteiger partial charge on any atom is -0.410 e. The Bertz CT molecular complexity index is 582. The van der Waals surface area contributed by atoms with Crippen LogP contribution in [0.25, 0.3) is 0 Å². The second kappa shape index (κ2) is 16.1. The second-order valence-corrected chi connectivity index (χ2v) is 14.9. The molecule has 0 bridgehead atoms. The Kier molecular flexibility index (Phi) is 15.7. The molecule has 0 rings (SSSR count). The highest BCUT2D eigenvalue weighted by molar-refractivity contribution is 6.74. The Morgan fingerprint density at radius 3 is 1.73 bits per heavy atom. The molecule has 0 heterocycles. The van der Waals surface area contributed by atoms with Crippen molar-refractivity contribution in [1.29, 1.82) is 0 Å². The van der Waals surface area contributed by atoms with Gasteiger partial charge in [-0.25, -0.2) is 0 Å². The van der Waals surface area contributed by atoms with Gasteiger partial charge in [-0.3, -0.25) is 0 Å². The summed E-state index contributed by atoms with van der Waals surface area (Å²) in [7, 11) is 4.95. The van der Waals surface area contributed by atoms with E-state index in [1.165, 1.54) is 0 Å². The molecule has 0 saturated heterocycles. The zero-order chi connectivity index (χ0) is 25.7. The van der Waals surface area contributed by atoms with Crippen LogP contribution in [0.3, 0.4) is 0 Å². The fraction of sp³-hybridized carbons (Fsp3) is 0.769. The predicted octanol–water partition coefficient (Wildman–Crippen LogP) is 6.06. The van der Waals surface area contributed by atoms with Gasteiger partial charge in [0.25, 0.3) is 0 Å². The lowest BCUT2D eigenvalue weighted by atomic mass is 9.39. The van der Waals surface area contributed by atoms with E-state index in [0.29, 0.717) is 0 Å². The molecular formula is C26H51BO5Si. The van der Waals surface area contributed by atoms with Crippen molar-refractivity contribution in [2.24, 2.45) is 0 Å². The Morgan fingerprint density at radius 2 is 1.33 bits per heavy atom. The summed E-state index contributed by atoms with van der Waals surface area (Å²) in [5, 5.41) is 0.165. The molecule has 0 fully saturated rings. The molecule has 4 unspecified atom stereocenters. The van der Waals surface area contributed by atoms with Gasteiger partial charge >= 0.3 is 0 Å². The Morgan fingerprint density at radius 1 is 0.818 bits per heavy atom. The Hall–Kier alpha value is -0.698. The molecule has 0 aromatic rings. The summed E-state index contributed by atoms with van der Waals surface area (Å²) in [6.45, 7) is 17.6. The minimum absolute atomic E-state index is 0.0454. The van der Waals surface area contributed by atoms with Crippen molar-refractivity contribution in [3.8, 4) is 0 Å². The van der Waals surface area contributed by atoms with E-state index in [1.807, 2.05) is 13.8 Å². The smallest absolute Gasteiger partial charge is 0.241 e. The van der Waals surface area contributed by atoms with Gasteiger partial charge in [0, 0.05) is 28.4 Å². The van der Waals surface area contributed by atoms with Crippen molar-refractivity contribution in [2.75, 3.05) is 28.4 Å². The SMILES string of the molecule is CC/C=C\C[C@@H](/C=C\C=C\B(C(OC)C(C)OC)C(OC)C(C)OC)O[Si](C)(C)C(C)(C)C. The molecule has 0 saturated carbocycles. The number of hydrogen-bond donors (Lipinski definition) is 0. The molecule has 0 aliphatic rings. The molecule has 0 amide bonds. The lowest BCUT2D eigenvalue weighted by molar-refractivity contribution is -0.0108. The number of rotatable bonds is 16. The first-order valence-corrected chi connectivity index (χ1v) is 15.1. The molecule has 0 aromatic carbocycles. The summed E-state index contributed by atoms with van der Waals surface area (Å²) in [4.78, 5) is 0. The normalized spacial score (nSPS) is 18.2. The van der Waals surface area contributed by atoms with Gasteiger partial charge < -0.3 is 23.4 Å². The van der Waals surface area contributed by atoms with E-state index >= 15 is 0 Å². The van der Waals surface area contributed by atoms with Gasteiger partial charge in [0.05, 0.1) is 30.3 Å². The van der Waals surface area contributed by atoms with Gasteiger partial charge in [-0.1, -0.05) is 58.1 Å². The molecule has 5 atom stereocenters. The van der Waals surface area contributed by atoms with Crippen LogP contribution in [0.5, 0.6) is 0 Å². The summed E-state index contributed by atoms with van der Waals surface area (Å²) < 4.78 is 29.5. The maximum atomic E-state index is 6.68. The van der Waals surface area contributed by atoms with Gasteiger partial charge in [0.2, 0.25) is 6.71 Å².